The zero-order valence-corrected chi connectivity index (χ0v) is 64.7. The summed E-state index contributed by atoms with van der Waals surface area (Å²) in [5.41, 5.74) is 19.5. The number of hydrogen-bond acceptors (Lipinski definition) is 12. The zero-order valence-electron chi connectivity index (χ0n) is 64.7. The molecule has 12 nitrogen and oxygen atoms in total. The van der Waals surface area contributed by atoms with Gasteiger partial charge >= 0.3 is 0 Å². The van der Waals surface area contributed by atoms with E-state index in [1.54, 1.807) is 24.8 Å². The molecule has 11 heterocycles. The number of hydrogen-bond donors (Lipinski definition) is 0. The molecule has 0 aliphatic heterocycles. The van der Waals surface area contributed by atoms with E-state index in [0.717, 1.165) is 107 Å². The van der Waals surface area contributed by atoms with Crippen molar-refractivity contribution in [2.75, 3.05) is 0 Å². The number of para-hydroxylation sites is 1. The SMILES string of the molecule is CC.CC.CC.CC.CC.CC.CC.Cc1cc2cccnc2c(C)n1.Cc1cc2ccncc2c(C)n1.Cc1cc2cnccc2c(C)n1.Cc1cc2ncccc2c(C)n1.Cc1ccc2nc(C)ccc2c1.Cc1cnc2cc(C)ccc2c1.Cc1nc(C)c2ccccc2n1. The van der Waals surface area contributed by atoms with Crippen molar-refractivity contribution in [3.8, 4) is 0 Å². The first-order valence-electron chi connectivity index (χ1n) is 35.0. The number of aryl methyl sites for hydroxylation is 14. The Hall–Kier alpha value is -9.94. The van der Waals surface area contributed by atoms with Crippen molar-refractivity contribution in [3.63, 3.8) is 0 Å². The van der Waals surface area contributed by atoms with E-state index < -0.39 is 0 Å². The molecule has 0 aliphatic carbocycles. The number of aromatic nitrogens is 12. The van der Waals surface area contributed by atoms with Gasteiger partial charge in [-0.25, -0.2) is 9.97 Å². The molecule has 0 unspecified atom stereocenters. The fourth-order valence-electron chi connectivity index (χ4n) is 9.72. The number of benzene rings is 3. The topological polar surface area (TPSA) is 155 Å². The van der Waals surface area contributed by atoms with Crippen LogP contribution >= 0.6 is 0 Å². The summed E-state index contributed by atoms with van der Waals surface area (Å²) in [7, 11) is 0. The summed E-state index contributed by atoms with van der Waals surface area (Å²) in [6, 6.07) is 47.2. The van der Waals surface area contributed by atoms with Crippen LogP contribution in [-0.2, 0) is 0 Å². The second kappa shape index (κ2) is 47.9. The summed E-state index contributed by atoms with van der Waals surface area (Å²) in [5.74, 6) is 0.839. The molecular weight excluding hydrogens is 1200 g/mol. The predicted molar refractivity (Wildman–Crippen MR) is 427 cm³/mol. The van der Waals surface area contributed by atoms with Gasteiger partial charge in [0, 0.05) is 138 Å². The van der Waals surface area contributed by atoms with Gasteiger partial charge in [0.25, 0.3) is 0 Å². The van der Waals surface area contributed by atoms with Crippen molar-refractivity contribution in [1.82, 2.24) is 59.8 Å². The molecule has 12 heteroatoms. The Balaban J connectivity index is 0.000000554. The van der Waals surface area contributed by atoms with Crippen molar-refractivity contribution < 1.29 is 0 Å². The van der Waals surface area contributed by atoms with Crippen molar-refractivity contribution in [1.29, 1.82) is 0 Å². The van der Waals surface area contributed by atoms with Gasteiger partial charge in [0.1, 0.15) is 5.82 Å². The molecule has 0 amide bonds. The number of rotatable bonds is 0. The van der Waals surface area contributed by atoms with Gasteiger partial charge in [0.2, 0.25) is 0 Å². The van der Waals surface area contributed by atoms with Gasteiger partial charge in [-0.2, -0.15) is 0 Å². The fourth-order valence-corrected chi connectivity index (χ4v) is 9.72. The molecule has 11 aromatic heterocycles. The Morgan fingerprint density at radius 1 is 0.224 bits per heavy atom. The molecule has 0 fully saturated rings. The van der Waals surface area contributed by atoms with E-state index in [1.807, 2.05) is 258 Å². The standard InChI is InChI=1S/2C11H11N.5C10H10N2.7C2H6/c1-8-3-6-11-10(7-8)5-4-9(2)12-11;1-8-3-4-10-5-9(2)7-12-11(10)6-8;1-7-5-9-6-11-4-3-10(9)8(2)12-7;1-7-5-9-3-4-11-6-10(9)8(2)12-7;1-7-6-10-9(8(2)12-7)4-3-5-11-10;1-7-6-9-4-3-5-11-10(9)8(2)12-7;1-7-9-5-3-4-6-10(9)12-8(2)11-7;7*1-2/h2*3-7H,1-2H3;5*3-6H,1-2H3;7*1-2H3. The maximum absolute atomic E-state index is 4.42. The van der Waals surface area contributed by atoms with Crippen LogP contribution in [0.3, 0.4) is 0 Å². The largest absolute Gasteiger partial charge is 0.264 e. The first-order chi connectivity index (χ1) is 47.4. The minimum atomic E-state index is 0.839. The molecule has 0 bridgehead atoms. The van der Waals surface area contributed by atoms with Gasteiger partial charge in [-0.1, -0.05) is 151 Å². The highest BCUT2D eigenvalue weighted by atomic mass is 14.9. The summed E-state index contributed by atoms with van der Waals surface area (Å²) >= 11 is 0. The molecule has 518 valence electrons. The molecule has 14 aromatic rings. The van der Waals surface area contributed by atoms with Gasteiger partial charge in [0.15, 0.2) is 0 Å². The van der Waals surface area contributed by atoms with Crippen LogP contribution in [0.4, 0.5) is 0 Å². The molecule has 98 heavy (non-hydrogen) atoms. The second-order valence-corrected chi connectivity index (χ2v) is 21.0. The van der Waals surface area contributed by atoms with E-state index in [0.29, 0.717) is 0 Å². The lowest BCUT2D eigenvalue weighted by atomic mass is 10.1. The molecular formula is C86H114N12. The van der Waals surface area contributed by atoms with E-state index >= 15 is 0 Å². The summed E-state index contributed by atoms with van der Waals surface area (Å²) in [5, 5.41) is 10.6. The summed E-state index contributed by atoms with van der Waals surface area (Å²) < 4.78 is 0. The van der Waals surface area contributed by atoms with E-state index in [1.165, 1.54) is 49.0 Å². The van der Waals surface area contributed by atoms with Crippen molar-refractivity contribution in [2.24, 2.45) is 0 Å². The van der Waals surface area contributed by atoms with Crippen molar-refractivity contribution in [2.45, 2.75) is 194 Å². The Morgan fingerprint density at radius 3 is 1.38 bits per heavy atom. The number of nitrogens with zero attached hydrogens (tertiary/aromatic N) is 12. The Morgan fingerprint density at radius 2 is 0.704 bits per heavy atom. The molecule has 0 aliphatic rings. The van der Waals surface area contributed by atoms with Crippen LogP contribution in [0.1, 0.15) is 176 Å². The highest BCUT2D eigenvalue weighted by molar-refractivity contribution is 5.86. The maximum atomic E-state index is 4.42. The molecule has 0 radical (unpaired) electrons. The van der Waals surface area contributed by atoms with E-state index in [4.69, 9.17) is 0 Å². The van der Waals surface area contributed by atoms with Crippen LogP contribution < -0.4 is 0 Å². The molecule has 0 saturated carbocycles. The van der Waals surface area contributed by atoms with Gasteiger partial charge in [0.05, 0.1) is 33.3 Å². The number of fused-ring (bicyclic) bond motifs is 7. The Labute approximate surface area is 588 Å². The first-order valence-corrected chi connectivity index (χ1v) is 35.0. The van der Waals surface area contributed by atoms with Gasteiger partial charge in [-0.15, -0.1) is 0 Å². The maximum Gasteiger partial charge on any atom is 0.126 e. The van der Waals surface area contributed by atoms with Crippen molar-refractivity contribution in [3.05, 3.63) is 262 Å². The van der Waals surface area contributed by atoms with E-state index in [2.05, 4.69) is 153 Å². The smallest absolute Gasteiger partial charge is 0.126 e. The minimum absolute atomic E-state index is 0.839. The first kappa shape index (κ1) is 86.1. The average molecular weight is 1320 g/mol. The fraction of sp³-hybridized carbons (Fsp3) is 0.326. The van der Waals surface area contributed by atoms with Crippen LogP contribution in [-0.4, -0.2) is 59.8 Å². The average Bonchev–Trinajstić information content (AvgIpc) is 0.888. The molecule has 0 N–H and O–H groups in total. The molecule has 14 rings (SSSR count). The monoisotopic (exact) mass is 1310 g/mol. The van der Waals surface area contributed by atoms with Gasteiger partial charge in [-0.05, 0) is 204 Å². The molecule has 3 aromatic carbocycles. The highest BCUT2D eigenvalue weighted by Crippen LogP contribution is 2.20. The van der Waals surface area contributed by atoms with Crippen LogP contribution in [0.15, 0.2) is 183 Å². The van der Waals surface area contributed by atoms with E-state index in [-0.39, 0.29) is 0 Å². The summed E-state index contributed by atoms with van der Waals surface area (Å²) in [6.07, 6.45) is 12.8. The van der Waals surface area contributed by atoms with Crippen LogP contribution in [0, 0.1) is 96.9 Å². The molecule has 0 atom stereocenters. The lowest BCUT2D eigenvalue weighted by Crippen LogP contribution is -1.92. The third-order valence-electron chi connectivity index (χ3n) is 13.6. The lowest BCUT2D eigenvalue weighted by Gasteiger charge is -2.01. The summed E-state index contributed by atoms with van der Waals surface area (Å²) in [6.45, 7) is 56.2. The second-order valence-electron chi connectivity index (χ2n) is 21.0. The number of pyridine rings is 10. The van der Waals surface area contributed by atoms with Crippen LogP contribution in [0.2, 0.25) is 0 Å². The van der Waals surface area contributed by atoms with Gasteiger partial charge < -0.3 is 0 Å². The van der Waals surface area contributed by atoms with E-state index in [9.17, 15) is 0 Å². The molecule has 0 spiro atoms. The normalized spacial score (nSPS) is 9.43. The highest BCUT2D eigenvalue weighted by Gasteiger charge is 2.04. The zero-order chi connectivity index (χ0) is 73.9. The van der Waals surface area contributed by atoms with Crippen molar-refractivity contribution >= 4 is 76.1 Å². The molecule has 0 saturated heterocycles. The Bertz CT molecular complexity index is 3930. The quantitative estimate of drug-likeness (QED) is 0.142. The third kappa shape index (κ3) is 28.0. The van der Waals surface area contributed by atoms with Crippen LogP contribution in [0.5, 0.6) is 0 Å². The third-order valence-corrected chi connectivity index (χ3v) is 13.6. The lowest BCUT2D eigenvalue weighted by molar-refractivity contribution is 1.05. The predicted octanol–water partition coefficient (Wildman–Crippen LogP) is 24.1. The minimum Gasteiger partial charge on any atom is -0.264 e. The summed E-state index contributed by atoms with van der Waals surface area (Å²) in [4.78, 5) is 51.5. The Kier molecular flexibility index (Phi) is 42.0. The van der Waals surface area contributed by atoms with Crippen LogP contribution in [0.25, 0.3) is 76.1 Å². The van der Waals surface area contributed by atoms with Gasteiger partial charge in [-0.3, -0.25) is 49.8 Å².